The first-order chi connectivity index (χ1) is 17.5. The van der Waals surface area contributed by atoms with Gasteiger partial charge in [0.1, 0.15) is 17.2 Å². The number of aromatic nitrogens is 3. The lowest BCUT2D eigenvalue weighted by Crippen LogP contribution is -2.47. The lowest BCUT2D eigenvalue weighted by atomic mass is 9.59. The highest BCUT2D eigenvalue weighted by molar-refractivity contribution is 5.98. The molecular weight excluding hydrogens is 477 g/mol. The van der Waals surface area contributed by atoms with Crippen LogP contribution < -0.4 is 10.6 Å². The summed E-state index contributed by atoms with van der Waals surface area (Å²) in [6.07, 6.45) is 3.61. The van der Waals surface area contributed by atoms with Crippen LogP contribution in [0.5, 0.6) is 0 Å². The quantitative estimate of drug-likeness (QED) is 0.471. The second-order valence-corrected chi connectivity index (χ2v) is 10.4. The van der Waals surface area contributed by atoms with E-state index in [4.69, 9.17) is 4.74 Å². The Labute approximate surface area is 214 Å². The predicted octanol–water partition coefficient (Wildman–Crippen LogP) is 3.53. The lowest BCUT2D eigenvalue weighted by molar-refractivity contribution is -0.156. The van der Waals surface area contributed by atoms with Crippen molar-refractivity contribution in [1.29, 1.82) is 0 Å². The van der Waals surface area contributed by atoms with Gasteiger partial charge in [-0.15, -0.1) is 0 Å². The summed E-state index contributed by atoms with van der Waals surface area (Å²) in [6.45, 7) is 6.73. The van der Waals surface area contributed by atoms with Crippen molar-refractivity contribution in [3.05, 3.63) is 65.4 Å². The number of esters is 1. The van der Waals surface area contributed by atoms with E-state index in [1.54, 1.807) is 18.2 Å². The monoisotopic (exact) mass is 509 g/mol. The highest BCUT2D eigenvalue weighted by Crippen LogP contribution is 2.49. The number of carbonyl (C=O) groups is 3. The maximum atomic E-state index is 13.3. The number of nitrogens with one attached hydrogen (secondary N) is 2. The molecule has 0 spiro atoms. The van der Waals surface area contributed by atoms with Crippen molar-refractivity contribution < 1.29 is 23.5 Å². The largest absolute Gasteiger partial charge is 0.469 e. The molecule has 1 fully saturated rings. The fourth-order valence-corrected chi connectivity index (χ4v) is 4.97. The fraction of sp³-hybridized carbons (Fsp3) is 0.444. The number of amides is 2. The number of nitrogens with zero attached hydrogens (tertiary/aromatic N) is 3. The van der Waals surface area contributed by atoms with Gasteiger partial charge in [-0.1, -0.05) is 26.0 Å². The summed E-state index contributed by atoms with van der Waals surface area (Å²) in [6, 6.07) is 8.85. The first-order valence-electron chi connectivity index (χ1n) is 12.3. The molecule has 1 aliphatic rings. The topological polar surface area (TPSA) is 115 Å². The molecule has 0 saturated heterocycles. The Morgan fingerprint density at radius 1 is 1.11 bits per heavy atom. The maximum Gasteiger partial charge on any atom is 0.311 e. The first kappa shape index (κ1) is 26.2. The maximum absolute atomic E-state index is 13.3. The van der Waals surface area contributed by atoms with E-state index in [9.17, 15) is 18.8 Å². The van der Waals surface area contributed by atoms with Gasteiger partial charge in [0.25, 0.3) is 11.8 Å². The second-order valence-electron chi connectivity index (χ2n) is 10.4. The zero-order chi connectivity index (χ0) is 26.8. The molecule has 3 aromatic rings. The van der Waals surface area contributed by atoms with Gasteiger partial charge >= 0.3 is 5.97 Å². The van der Waals surface area contributed by atoms with Crippen molar-refractivity contribution in [1.82, 2.24) is 25.2 Å². The molecule has 1 saturated carbocycles. The number of ether oxygens (including phenoxy) is 1. The van der Waals surface area contributed by atoms with E-state index in [-0.39, 0.29) is 47.0 Å². The minimum atomic E-state index is -0.528. The summed E-state index contributed by atoms with van der Waals surface area (Å²) < 4.78 is 19.5. The van der Waals surface area contributed by atoms with Crippen LogP contribution >= 0.6 is 0 Å². The molecule has 1 aromatic carbocycles. The number of carbonyl (C=O) groups excluding carboxylic acids is 3. The van der Waals surface area contributed by atoms with Crippen molar-refractivity contribution in [3.63, 3.8) is 0 Å². The van der Waals surface area contributed by atoms with E-state index < -0.39 is 11.3 Å². The number of hydrogen-bond donors (Lipinski definition) is 2. The molecule has 10 heteroatoms. The van der Waals surface area contributed by atoms with Gasteiger partial charge in [0, 0.05) is 25.2 Å². The Hall–Kier alpha value is -3.82. The van der Waals surface area contributed by atoms with E-state index in [0.29, 0.717) is 25.0 Å². The molecule has 0 bridgehead atoms. The van der Waals surface area contributed by atoms with Gasteiger partial charge in [-0.3, -0.25) is 14.4 Å². The number of rotatable bonds is 7. The van der Waals surface area contributed by atoms with Crippen LogP contribution in [0.2, 0.25) is 0 Å². The summed E-state index contributed by atoms with van der Waals surface area (Å²) in [5.41, 5.74) is 0.622. The number of hydrogen-bond acceptors (Lipinski definition) is 6. The van der Waals surface area contributed by atoms with E-state index in [0.717, 1.165) is 12.0 Å². The van der Waals surface area contributed by atoms with Crippen molar-refractivity contribution in [2.75, 3.05) is 13.7 Å². The molecule has 9 nitrogen and oxygen atoms in total. The zero-order valence-corrected chi connectivity index (χ0v) is 21.5. The van der Waals surface area contributed by atoms with E-state index in [2.05, 4.69) is 34.6 Å². The number of halogens is 1. The van der Waals surface area contributed by atoms with Crippen LogP contribution in [0.3, 0.4) is 0 Å². The molecule has 37 heavy (non-hydrogen) atoms. The van der Waals surface area contributed by atoms with Crippen LogP contribution in [-0.2, 0) is 16.1 Å². The van der Waals surface area contributed by atoms with Crippen molar-refractivity contribution in [2.45, 2.75) is 46.6 Å². The summed E-state index contributed by atoms with van der Waals surface area (Å²) in [7, 11) is 1.41. The summed E-state index contributed by atoms with van der Waals surface area (Å²) in [5, 5.41) is 9.95. The zero-order valence-electron chi connectivity index (χ0n) is 21.5. The first-order valence-corrected chi connectivity index (χ1v) is 12.3. The van der Waals surface area contributed by atoms with Gasteiger partial charge in [-0.05, 0) is 55.2 Å². The van der Waals surface area contributed by atoms with Gasteiger partial charge in [-0.25, -0.2) is 13.9 Å². The average Bonchev–Trinajstić information content (AvgIpc) is 3.37. The predicted molar refractivity (Wildman–Crippen MR) is 134 cm³/mol. The fourth-order valence-electron chi connectivity index (χ4n) is 4.97. The van der Waals surface area contributed by atoms with Crippen LogP contribution in [0.15, 0.2) is 42.6 Å². The number of benzene rings is 1. The molecule has 3 unspecified atom stereocenters. The molecule has 2 heterocycles. The standard InChI is InChI=1S/C27H32FN5O4/c1-17-14-26(2,25(36)37-4)10-11-27(17,3)16-30-24(35)21-13-20(32-22-9-12-31-33(21)22)23(34)29-15-18-5-7-19(28)8-6-18/h5-9,12-13,17H,10-11,14-16H2,1-4H3,(H,29,34)(H,30,35). The highest BCUT2D eigenvalue weighted by atomic mass is 19.1. The third-order valence-corrected chi connectivity index (χ3v) is 7.72. The number of methoxy groups -OCH3 is 1. The molecule has 2 N–H and O–H groups in total. The van der Waals surface area contributed by atoms with Gasteiger partial charge < -0.3 is 15.4 Å². The molecule has 1 aliphatic carbocycles. The Morgan fingerprint density at radius 3 is 2.51 bits per heavy atom. The smallest absolute Gasteiger partial charge is 0.311 e. The molecular formula is C27H32FN5O4. The Bertz CT molecular complexity index is 1320. The third-order valence-electron chi connectivity index (χ3n) is 7.72. The normalized spacial score (nSPS) is 23.4. The number of fused-ring (bicyclic) bond motifs is 1. The summed E-state index contributed by atoms with van der Waals surface area (Å²) >= 11 is 0. The van der Waals surface area contributed by atoms with Crippen LogP contribution in [0.4, 0.5) is 4.39 Å². The van der Waals surface area contributed by atoms with Crippen LogP contribution in [0.25, 0.3) is 5.65 Å². The Balaban J connectivity index is 1.46. The SMILES string of the molecule is COC(=O)C1(C)CCC(C)(CNC(=O)c2cc(C(=O)NCc3ccc(F)cc3)nc3ccnn23)C(C)C1. The van der Waals surface area contributed by atoms with E-state index in [1.807, 2.05) is 6.92 Å². The van der Waals surface area contributed by atoms with Crippen LogP contribution in [-0.4, -0.2) is 46.0 Å². The van der Waals surface area contributed by atoms with Crippen molar-refractivity contribution in [2.24, 2.45) is 16.7 Å². The lowest BCUT2D eigenvalue weighted by Gasteiger charge is -2.46. The molecule has 2 amide bonds. The van der Waals surface area contributed by atoms with Crippen LogP contribution in [0, 0.1) is 22.6 Å². The van der Waals surface area contributed by atoms with Gasteiger partial charge in [0.05, 0.1) is 18.7 Å². The summed E-state index contributed by atoms with van der Waals surface area (Å²) in [5.74, 6) is -1.22. The molecule has 0 aliphatic heterocycles. The van der Waals surface area contributed by atoms with Crippen molar-refractivity contribution in [3.8, 4) is 0 Å². The highest BCUT2D eigenvalue weighted by Gasteiger charge is 2.47. The average molecular weight is 510 g/mol. The van der Waals surface area contributed by atoms with E-state index >= 15 is 0 Å². The van der Waals surface area contributed by atoms with Gasteiger partial charge in [-0.2, -0.15) is 5.10 Å². The van der Waals surface area contributed by atoms with Crippen molar-refractivity contribution >= 4 is 23.4 Å². The molecule has 196 valence electrons. The minimum Gasteiger partial charge on any atom is -0.469 e. The van der Waals surface area contributed by atoms with E-state index in [1.165, 1.54) is 36.0 Å². The minimum absolute atomic E-state index is 0.0753. The van der Waals surface area contributed by atoms with Gasteiger partial charge in [0.2, 0.25) is 0 Å². The molecule has 0 radical (unpaired) electrons. The third kappa shape index (κ3) is 5.47. The van der Waals surface area contributed by atoms with Crippen LogP contribution in [0.1, 0.15) is 66.6 Å². The Kier molecular flexibility index (Phi) is 7.29. The molecule has 3 atom stereocenters. The molecule has 2 aromatic heterocycles. The summed E-state index contributed by atoms with van der Waals surface area (Å²) in [4.78, 5) is 42.7. The second kappa shape index (κ2) is 10.3. The Morgan fingerprint density at radius 2 is 1.84 bits per heavy atom. The molecule has 4 rings (SSSR count). The van der Waals surface area contributed by atoms with Gasteiger partial charge in [0.15, 0.2) is 5.65 Å².